The monoisotopic (exact) mass is 274 g/mol. The Balaban J connectivity index is 2.35. The second-order valence-electron chi connectivity index (χ2n) is 4.76. The number of nitrogens with zero attached hydrogens (tertiary/aromatic N) is 1. The van der Waals surface area contributed by atoms with Gasteiger partial charge in [0, 0.05) is 24.8 Å². The van der Waals surface area contributed by atoms with E-state index < -0.39 is 0 Å². The molecule has 4 heteroatoms. The van der Waals surface area contributed by atoms with Crippen LogP contribution in [0.3, 0.4) is 0 Å². The van der Waals surface area contributed by atoms with E-state index in [1.165, 1.54) is 6.07 Å². The molecule has 0 amide bonds. The van der Waals surface area contributed by atoms with Gasteiger partial charge in [0.25, 0.3) is 0 Å². The fourth-order valence-corrected chi connectivity index (χ4v) is 2.04. The maximum atomic E-state index is 14.2. The molecule has 0 aliphatic carbocycles. The molecule has 0 aliphatic heterocycles. The Morgan fingerprint density at radius 3 is 2.55 bits per heavy atom. The lowest BCUT2D eigenvalue weighted by molar-refractivity contribution is 0.415. The maximum absolute atomic E-state index is 14.2. The Bertz CT molecular complexity index is 599. The van der Waals surface area contributed by atoms with Crippen molar-refractivity contribution >= 4 is 11.4 Å². The molecule has 20 heavy (non-hydrogen) atoms. The molecule has 2 N–H and O–H groups in total. The molecule has 106 valence electrons. The van der Waals surface area contributed by atoms with Crippen molar-refractivity contribution in [1.82, 2.24) is 0 Å². The number of halogens is 1. The number of hydrogen-bond donors (Lipinski definition) is 1. The van der Waals surface area contributed by atoms with Crippen LogP contribution < -0.4 is 15.4 Å². The third-order valence-corrected chi connectivity index (χ3v) is 3.30. The molecule has 0 radical (unpaired) electrons. The molecule has 0 saturated heterocycles. The summed E-state index contributed by atoms with van der Waals surface area (Å²) in [4.78, 5) is 1.78. The minimum absolute atomic E-state index is 0.180. The van der Waals surface area contributed by atoms with E-state index in [4.69, 9.17) is 10.5 Å². The molecule has 0 saturated carbocycles. The summed E-state index contributed by atoms with van der Waals surface area (Å²) >= 11 is 0. The molecule has 0 fully saturated rings. The highest BCUT2D eigenvalue weighted by molar-refractivity contribution is 5.64. The van der Waals surface area contributed by atoms with Crippen LogP contribution in [-0.4, -0.2) is 14.2 Å². The van der Waals surface area contributed by atoms with Gasteiger partial charge >= 0.3 is 0 Å². The minimum atomic E-state index is -0.287. The van der Waals surface area contributed by atoms with Crippen LogP contribution >= 0.6 is 0 Å². The summed E-state index contributed by atoms with van der Waals surface area (Å²) in [5, 5.41) is 0. The zero-order chi connectivity index (χ0) is 14.7. The van der Waals surface area contributed by atoms with Gasteiger partial charge in [0.05, 0.1) is 12.8 Å². The van der Waals surface area contributed by atoms with Crippen LogP contribution in [0, 0.1) is 5.82 Å². The van der Waals surface area contributed by atoms with E-state index in [-0.39, 0.29) is 11.9 Å². The lowest BCUT2D eigenvalue weighted by Gasteiger charge is -2.21. The van der Waals surface area contributed by atoms with Gasteiger partial charge in [-0.05, 0) is 36.8 Å². The quantitative estimate of drug-likeness (QED) is 0.925. The van der Waals surface area contributed by atoms with Crippen LogP contribution in [0.4, 0.5) is 15.8 Å². The molecule has 0 unspecified atom stereocenters. The van der Waals surface area contributed by atoms with Gasteiger partial charge in [-0.2, -0.15) is 0 Å². The van der Waals surface area contributed by atoms with Gasteiger partial charge in [-0.1, -0.05) is 12.1 Å². The Labute approximate surface area is 118 Å². The van der Waals surface area contributed by atoms with Crippen LogP contribution in [0.1, 0.15) is 18.5 Å². The molecule has 1 atom stereocenters. The average molecular weight is 274 g/mol. The molecule has 2 rings (SSSR count). The van der Waals surface area contributed by atoms with Crippen LogP contribution in [0.25, 0.3) is 0 Å². The van der Waals surface area contributed by atoms with Crippen molar-refractivity contribution in [3.63, 3.8) is 0 Å². The smallest absolute Gasteiger partial charge is 0.147 e. The second kappa shape index (κ2) is 5.92. The molecule has 0 bridgehead atoms. The standard InChI is InChI=1S/C16H19FN2O/c1-11(18)12-7-8-16(15(17)9-12)19(2)13-5-4-6-14(10-13)20-3/h4-11H,18H2,1-3H3/t11-/m1/s1. The first kappa shape index (κ1) is 14.3. The van der Waals surface area contributed by atoms with E-state index in [0.29, 0.717) is 5.69 Å². The Morgan fingerprint density at radius 2 is 1.95 bits per heavy atom. The molecule has 3 nitrogen and oxygen atoms in total. The van der Waals surface area contributed by atoms with Gasteiger partial charge in [-0.3, -0.25) is 0 Å². The van der Waals surface area contributed by atoms with Crippen molar-refractivity contribution in [2.75, 3.05) is 19.1 Å². The third-order valence-electron chi connectivity index (χ3n) is 3.30. The number of benzene rings is 2. The molecule has 0 heterocycles. The van der Waals surface area contributed by atoms with E-state index in [2.05, 4.69) is 0 Å². The van der Waals surface area contributed by atoms with Crippen molar-refractivity contribution in [3.05, 3.63) is 53.8 Å². The first-order valence-corrected chi connectivity index (χ1v) is 6.45. The van der Waals surface area contributed by atoms with E-state index in [1.54, 1.807) is 18.1 Å². The number of methoxy groups -OCH3 is 1. The summed E-state index contributed by atoms with van der Waals surface area (Å²) in [6.07, 6.45) is 0. The van der Waals surface area contributed by atoms with Crippen molar-refractivity contribution < 1.29 is 9.13 Å². The first-order chi connectivity index (χ1) is 9.52. The number of nitrogens with two attached hydrogens (primary N) is 1. The predicted octanol–water partition coefficient (Wildman–Crippen LogP) is 3.62. The highest BCUT2D eigenvalue weighted by Gasteiger charge is 2.12. The highest BCUT2D eigenvalue weighted by atomic mass is 19.1. The van der Waals surface area contributed by atoms with Crippen LogP contribution in [0.15, 0.2) is 42.5 Å². The third kappa shape index (κ3) is 2.91. The largest absolute Gasteiger partial charge is 0.497 e. The van der Waals surface area contributed by atoms with Gasteiger partial charge in [0.15, 0.2) is 0 Å². The fourth-order valence-electron chi connectivity index (χ4n) is 2.04. The van der Waals surface area contributed by atoms with Gasteiger partial charge in [0.1, 0.15) is 11.6 Å². The highest BCUT2D eigenvalue weighted by Crippen LogP contribution is 2.29. The summed E-state index contributed by atoms with van der Waals surface area (Å²) in [6.45, 7) is 1.83. The molecular weight excluding hydrogens is 255 g/mol. The predicted molar refractivity (Wildman–Crippen MR) is 80.1 cm³/mol. The van der Waals surface area contributed by atoms with Crippen LogP contribution in [0.2, 0.25) is 0 Å². The first-order valence-electron chi connectivity index (χ1n) is 6.45. The van der Waals surface area contributed by atoms with Crippen LogP contribution in [0.5, 0.6) is 5.75 Å². The van der Waals surface area contributed by atoms with Crippen molar-refractivity contribution in [2.45, 2.75) is 13.0 Å². The summed E-state index contributed by atoms with van der Waals surface area (Å²) in [5.74, 6) is 0.451. The summed E-state index contributed by atoms with van der Waals surface area (Å²) in [6, 6.07) is 12.4. The molecule has 2 aromatic rings. The lowest BCUT2D eigenvalue weighted by Crippen LogP contribution is -2.12. The number of hydrogen-bond acceptors (Lipinski definition) is 3. The lowest BCUT2D eigenvalue weighted by atomic mass is 10.1. The number of anilines is 2. The average Bonchev–Trinajstić information content (AvgIpc) is 2.46. The SMILES string of the molecule is COc1cccc(N(C)c2ccc([C@@H](C)N)cc2F)c1. The zero-order valence-electron chi connectivity index (χ0n) is 11.9. The summed E-state index contributed by atoms with van der Waals surface area (Å²) in [5.41, 5.74) is 7.90. The van der Waals surface area contributed by atoms with Crippen molar-refractivity contribution in [2.24, 2.45) is 5.73 Å². The van der Waals surface area contributed by atoms with Gasteiger partial charge in [0.2, 0.25) is 0 Å². The van der Waals surface area contributed by atoms with E-state index in [9.17, 15) is 4.39 Å². The Hall–Kier alpha value is -2.07. The summed E-state index contributed by atoms with van der Waals surface area (Å²) < 4.78 is 19.4. The van der Waals surface area contributed by atoms with Gasteiger partial charge in [-0.15, -0.1) is 0 Å². The second-order valence-corrected chi connectivity index (χ2v) is 4.76. The van der Waals surface area contributed by atoms with Gasteiger partial charge in [-0.25, -0.2) is 4.39 Å². The number of rotatable bonds is 4. The molecule has 0 spiro atoms. The van der Waals surface area contributed by atoms with Crippen molar-refractivity contribution in [3.8, 4) is 5.75 Å². The van der Waals surface area contributed by atoms with Crippen LogP contribution in [-0.2, 0) is 0 Å². The van der Waals surface area contributed by atoms with E-state index >= 15 is 0 Å². The zero-order valence-corrected chi connectivity index (χ0v) is 11.9. The van der Waals surface area contributed by atoms with Crippen molar-refractivity contribution in [1.29, 1.82) is 0 Å². The Kier molecular flexibility index (Phi) is 4.25. The topological polar surface area (TPSA) is 38.5 Å². The Morgan fingerprint density at radius 1 is 1.20 bits per heavy atom. The van der Waals surface area contributed by atoms with E-state index in [1.807, 2.05) is 44.3 Å². The van der Waals surface area contributed by atoms with Gasteiger partial charge < -0.3 is 15.4 Å². The normalized spacial score (nSPS) is 12.1. The molecular formula is C16H19FN2O. The van der Waals surface area contributed by atoms with E-state index in [0.717, 1.165) is 17.0 Å². The minimum Gasteiger partial charge on any atom is -0.497 e. The fraction of sp³-hybridized carbons (Fsp3) is 0.250. The molecule has 2 aromatic carbocycles. The molecule has 0 aliphatic rings. The molecule has 0 aromatic heterocycles. The number of ether oxygens (including phenoxy) is 1. The summed E-state index contributed by atoms with van der Waals surface area (Å²) in [7, 11) is 3.43. The maximum Gasteiger partial charge on any atom is 0.147 e.